The van der Waals surface area contributed by atoms with E-state index in [0.717, 1.165) is 11.1 Å². The van der Waals surface area contributed by atoms with Crippen LogP contribution in [0.25, 0.3) is 11.1 Å². The molecule has 0 atom stereocenters. The molecule has 0 fully saturated rings. The third kappa shape index (κ3) is 2.12. The van der Waals surface area contributed by atoms with Crippen molar-refractivity contribution in [2.45, 2.75) is 13.3 Å². The van der Waals surface area contributed by atoms with Crippen LogP contribution in [0.1, 0.15) is 22.3 Å². The Bertz CT molecular complexity index is 662. The van der Waals surface area contributed by atoms with Crippen molar-refractivity contribution < 1.29 is 13.9 Å². The molecule has 1 aliphatic rings. The Morgan fingerprint density at radius 1 is 1.11 bits per heavy atom. The van der Waals surface area contributed by atoms with Crippen LogP contribution in [0.2, 0.25) is 0 Å². The van der Waals surface area contributed by atoms with E-state index in [1.165, 1.54) is 6.07 Å². The molecule has 3 rings (SSSR count). The monoisotopic (exact) mass is 256 g/mol. The Labute approximate surface area is 110 Å². The van der Waals surface area contributed by atoms with Gasteiger partial charge in [-0.1, -0.05) is 17.7 Å². The molecule has 2 aromatic rings. The van der Waals surface area contributed by atoms with Crippen molar-refractivity contribution in [3.05, 3.63) is 53.3 Å². The second-order valence-electron chi connectivity index (χ2n) is 4.72. The van der Waals surface area contributed by atoms with Crippen LogP contribution in [0, 0.1) is 12.7 Å². The number of rotatable bonds is 1. The second kappa shape index (κ2) is 4.50. The molecule has 0 bridgehead atoms. The Morgan fingerprint density at radius 2 is 1.95 bits per heavy atom. The molecule has 0 saturated heterocycles. The van der Waals surface area contributed by atoms with Gasteiger partial charge in [0.2, 0.25) is 0 Å². The Kier molecular flexibility index (Phi) is 2.82. The minimum atomic E-state index is -0.271. The first kappa shape index (κ1) is 11.9. The topological polar surface area (TPSA) is 26.3 Å². The molecule has 2 nitrogen and oxygen atoms in total. The molecule has 0 aromatic heterocycles. The largest absolute Gasteiger partial charge is 0.492 e. The summed E-state index contributed by atoms with van der Waals surface area (Å²) >= 11 is 0. The van der Waals surface area contributed by atoms with Crippen molar-refractivity contribution in [1.82, 2.24) is 0 Å². The normalized spacial score (nSPS) is 13.9. The maximum absolute atomic E-state index is 13.9. The van der Waals surface area contributed by atoms with Gasteiger partial charge in [0.15, 0.2) is 5.78 Å². The van der Waals surface area contributed by atoms with Gasteiger partial charge in [0.05, 0.1) is 12.2 Å². The Morgan fingerprint density at radius 3 is 2.79 bits per heavy atom. The number of carbonyl (C=O) groups excluding carboxylic acids is 1. The minimum Gasteiger partial charge on any atom is -0.492 e. The van der Waals surface area contributed by atoms with Crippen molar-refractivity contribution in [3.8, 4) is 16.9 Å². The summed E-state index contributed by atoms with van der Waals surface area (Å²) in [6.45, 7) is 2.31. The lowest BCUT2D eigenvalue weighted by atomic mass is 9.98. The first-order valence-corrected chi connectivity index (χ1v) is 6.22. The number of hydrogen-bond donors (Lipinski definition) is 0. The number of benzene rings is 2. The molecule has 0 aliphatic carbocycles. The van der Waals surface area contributed by atoms with Gasteiger partial charge in [-0.15, -0.1) is 0 Å². The van der Waals surface area contributed by atoms with Gasteiger partial charge in [0.25, 0.3) is 0 Å². The highest BCUT2D eigenvalue weighted by Gasteiger charge is 2.19. The second-order valence-corrected chi connectivity index (χ2v) is 4.72. The van der Waals surface area contributed by atoms with Crippen molar-refractivity contribution in [2.24, 2.45) is 0 Å². The maximum Gasteiger partial charge on any atom is 0.169 e. The summed E-state index contributed by atoms with van der Waals surface area (Å²) in [5.74, 6) is 0.361. The van der Waals surface area contributed by atoms with Crippen molar-refractivity contribution in [2.75, 3.05) is 6.61 Å². The molecule has 0 amide bonds. The van der Waals surface area contributed by atoms with Crippen LogP contribution < -0.4 is 4.74 Å². The summed E-state index contributed by atoms with van der Waals surface area (Å²) in [6, 6.07) is 10.2. The van der Waals surface area contributed by atoms with E-state index in [4.69, 9.17) is 4.74 Å². The fourth-order valence-electron chi connectivity index (χ4n) is 2.29. The zero-order valence-electron chi connectivity index (χ0n) is 10.6. The lowest BCUT2D eigenvalue weighted by Crippen LogP contribution is -2.15. The number of hydrogen-bond acceptors (Lipinski definition) is 2. The highest BCUT2D eigenvalue weighted by Crippen LogP contribution is 2.32. The molecule has 19 heavy (non-hydrogen) atoms. The van der Waals surface area contributed by atoms with E-state index >= 15 is 0 Å². The van der Waals surface area contributed by atoms with Crippen LogP contribution in [0.15, 0.2) is 36.4 Å². The predicted molar refractivity (Wildman–Crippen MR) is 71.0 cm³/mol. The number of fused-ring (bicyclic) bond motifs is 1. The van der Waals surface area contributed by atoms with E-state index in [0.29, 0.717) is 29.9 Å². The standard InChI is InChI=1S/C16H13FO2/c1-10-2-5-14(17)13(8-10)11-3-4-12-15(18)6-7-19-16(12)9-11/h2-5,8-9H,6-7H2,1H3. The molecule has 0 unspecified atom stereocenters. The summed E-state index contributed by atoms with van der Waals surface area (Å²) in [4.78, 5) is 11.7. The van der Waals surface area contributed by atoms with E-state index in [-0.39, 0.29) is 11.6 Å². The number of aryl methyl sites for hydroxylation is 1. The van der Waals surface area contributed by atoms with E-state index in [1.54, 1.807) is 30.3 Å². The average Bonchev–Trinajstić information content (AvgIpc) is 2.41. The Hall–Kier alpha value is -2.16. The zero-order chi connectivity index (χ0) is 13.4. The fraction of sp³-hybridized carbons (Fsp3) is 0.188. The molecule has 96 valence electrons. The highest BCUT2D eigenvalue weighted by molar-refractivity contribution is 6.00. The van der Waals surface area contributed by atoms with Crippen LogP contribution in [-0.2, 0) is 0 Å². The number of ether oxygens (including phenoxy) is 1. The third-order valence-electron chi connectivity index (χ3n) is 3.30. The first-order valence-electron chi connectivity index (χ1n) is 6.22. The fourth-order valence-corrected chi connectivity index (χ4v) is 2.29. The van der Waals surface area contributed by atoms with Crippen molar-refractivity contribution in [1.29, 1.82) is 0 Å². The Balaban J connectivity index is 2.11. The molecule has 1 aliphatic heterocycles. The predicted octanol–water partition coefficient (Wildman–Crippen LogP) is 3.77. The summed E-state index contributed by atoms with van der Waals surface area (Å²) in [6.07, 6.45) is 0.408. The molecular weight excluding hydrogens is 243 g/mol. The average molecular weight is 256 g/mol. The maximum atomic E-state index is 13.9. The van der Waals surface area contributed by atoms with Crippen LogP contribution in [0.3, 0.4) is 0 Å². The smallest absolute Gasteiger partial charge is 0.169 e. The van der Waals surface area contributed by atoms with Gasteiger partial charge in [-0.25, -0.2) is 4.39 Å². The van der Waals surface area contributed by atoms with E-state index < -0.39 is 0 Å². The third-order valence-corrected chi connectivity index (χ3v) is 3.30. The van der Waals surface area contributed by atoms with E-state index in [9.17, 15) is 9.18 Å². The minimum absolute atomic E-state index is 0.0810. The zero-order valence-corrected chi connectivity index (χ0v) is 10.6. The number of halogens is 1. The number of ketones is 1. The summed E-state index contributed by atoms with van der Waals surface area (Å²) in [5, 5.41) is 0. The van der Waals surface area contributed by atoms with Crippen molar-refractivity contribution >= 4 is 5.78 Å². The van der Waals surface area contributed by atoms with Gasteiger partial charge in [-0.05, 0) is 36.8 Å². The summed E-state index contributed by atoms with van der Waals surface area (Å²) in [5.41, 5.74) is 2.84. The van der Waals surface area contributed by atoms with Gasteiger partial charge >= 0.3 is 0 Å². The molecule has 0 spiro atoms. The van der Waals surface area contributed by atoms with Gasteiger partial charge < -0.3 is 4.74 Å². The van der Waals surface area contributed by atoms with E-state index in [1.807, 2.05) is 6.92 Å². The van der Waals surface area contributed by atoms with Gasteiger partial charge in [-0.2, -0.15) is 0 Å². The lowest BCUT2D eigenvalue weighted by Gasteiger charge is -2.17. The first-order chi connectivity index (χ1) is 9.15. The van der Waals surface area contributed by atoms with Crippen LogP contribution in [-0.4, -0.2) is 12.4 Å². The highest BCUT2D eigenvalue weighted by atomic mass is 19.1. The molecule has 0 saturated carbocycles. The molecule has 3 heteroatoms. The van der Waals surface area contributed by atoms with Gasteiger partial charge in [0.1, 0.15) is 11.6 Å². The van der Waals surface area contributed by atoms with Crippen LogP contribution in [0.4, 0.5) is 4.39 Å². The van der Waals surface area contributed by atoms with Crippen LogP contribution in [0.5, 0.6) is 5.75 Å². The molecular formula is C16H13FO2. The molecule has 2 aromatic carbocycles. The van der Waals surface area contributed by atoms with Gasteiger partial charge in [-0.3, -0.25) is 4.79 Å². The molecule has 1 heterocycles. The SMILES string of the molecule is Cc1ccc(F)c(-c2ccc3c(c2)OCCC3=O)c1. The summed E-state index contributed by atoms with van der Waals surface area (Å²) < 4.78 is 19.3. The summed E-state index contributed by atoms with van der Waals surface area (Å²) in [7, 11) is 0. The molecule has 0 radical (unpaired) electrons. The van der Waals surface area contributed by atoms with Gasteiger partial charge in [0, 0.05) is 12.0 Å². The number of Topliss-reactive ketones (excluding diaryl/α,β-unsaturated/α-hetero) is 1. The number of carbonyl (C=O) groups is 1. The van der Waals surface area contributed by atoms with E-state index in [2.05, 4.69) is 0 Å². The molecule has 0 N–H and O–H groups in total. The lowest BCUT2D eigenvalue weighted by molar-refractivity contribution is 0.0933. The van der Waals surface area contributed by atoms with Crippen LogP contribution >= 0.6 is 0 Å². The van der Waals surface area contributed by atoms with Crippen molar-refractivity contribution in [3.63, 3.8) is 0 Å². The quantitative estimate of drug-likeness (QED) is 0.776.